The molecule has 0 spiro atoms. The first-order chi connectivity index (χ1) is 11.6. The van der Waals surface area contributed by atoms with Crippen molar-refractivity contribution in [3.05, 3.63) is 60.3 Å². The van der Waals surface area contributed by atoms with E-state index in [0.29, 0.717) is 12.1 Å². The highest BCUT2D eigenvalue weighted by Crippen LogP contribution is 2.35. The largest absolute Gasteiger partial charge is 0.492 e. The predicted molar refractivity (Wildman–Crippen MR) is 92.9 cm³/mol. The molecule has 0 unspecified atom stereocenters. The van der Waals surface area contributed by atoms with Crippen LogP contribution in [0.4, 0.5) is 0 Å². The molecule has 0 saturated carbocycles. The zero-order valence-corrected chi connectivity index (χ0v) is 14.1. The van der Waals surface area contributed by atoms with Gasteiger partial charge in [0, 0.05) is 29.7 Å². The van der Waals surface area contributed by atoms with Crippen LogP contribution in [0.2, 0.25) is 0 Å². The summed E-state index contributed by atoms with van der Waals surface area (Å²) in [5.74, 6) is 0.815. The number of rotatable bonds is 2. The van der Waals surface area contributed by atoms with Crippen molar-refractivity contribution in [3.8, 4) is 5.75 Å². The summed E-state index contributed by atoms with van der Waals surface area (Å²) in [5, 5.41) is 4.29. The Morgan fingerprint density at radius 2 is 1.92 bits per heavy atom. The molecular weight excluding hydrogens is 324 g/mol. The number of ether oxygens (including phenoxy) is 1. The van der Waals surface area contributed by atoms with Crippen LogP contribution in [-0.2, 0) is 10.0 Å². The molecule has 0 amide bonds. The lowest BCUT2D eigenvalue weighted by Crippen LogP contribution is -2.20. The van der Waals surface area contributed by atoms with E-state index in [-0.39, 0.29) is 10.9 Å². The normalized spacial score (nSPS) is 18.0. The van der Waals surface area contributed by atoms with E-state index >= 15 is 0 Å². The average Bonchev–Trinajstić information content (AvgIpc) is 2.94. The van der Waals surface area contributed by atoms with Crippen molar-refractivity contribution in [2.75, 3.05) is 13.2 Å². The molecule has 6 heteroatoms. The van der Waals surface area contributed by atoms with Crippen molar-refractivity contribution < 1.29 is 13.2 Å². The first kappa shape index (κ1) is 15.2. The molecule has 0 fully saturated rings. The van der Waals surface area contributed by atoms with Crippen LogP contribution < -0.4 is 10.1 Å². The Kier molecular flexibility index (Phi) is 3.58. The van der Waals surface area contributed by atoms with Crippen LogP contribution in [0.5, 0.6) is 5.75 Å². The highest BCUT2D eigenvalue weighted by atomic mass is 32.2. The third-order valence-corrected chi connectivity index (χ3v) is 6.09. The lowest BCUT2D eigenvalue weighted by Gasteiger charge is -2.14. The van der Waals surface area contributed by atoms with Gasteiger partial charge >= 0.3 is 0 Å². The number of hydrogen-bond donors (Lipinski definition) is 1. The number of benzene rings is 2. The maximum absolute atomic E-state index is 12.9. The number of fused-ring (bicyclic) bond motifs is 3. The summed E-state index contributed by atoms with van der Waals surface area (Å²) >= 11 is 0. The molecule has 4 rings (SSSR count). The second kappa shape index (κ2) is 5.65. The van der Waals surface area contributed by atoms with Crippen molar-refractivity contribution >= 4 is 20.9 Å². The van der Waals surface area contributed by atoms with Crippen molar-refractivity contribution in [1.29, 1.82) is 0 Å². The minimum Gasteiger partial charge on any atom is -0.492 e. The molecule has 2 aromatic carbocycles. The van der Waals surface area contributed by atoms with Crippen LogP contribution in [-0.4, -0.2) is 25.5 Å². The Balaban J connectivity index is 1.94. The van der Waals surface area contributed by atoms with Gasteiger partial charge in [0.15, 0.2) is 0 Å². The van der Waals surface area contributed by atoms with Gasteiger partial charge in [-0.1, -0.05) is 18.2 Å². The van der Waals surface area contributed by atoms with Gasteiger partial charge < -0.3 is 10.1 Å². The third kappa shape index (κ3) is 2.30. The smallest absolute Gasteiger partial charge is 0.268 e. The first-order valence-electron chi connectivity index (χ1n) is 7.90. The lowest BCUT2D eigenvalue weighted by atomic mass is 10.0. The van der Waals surface area contributed by atoms with E-state index in [1.807, 2.05) is 18.2 Å². The molecule has 1 aromatic heterocycles. The molecule has 124 valence electrons. The summed E-state index contributed by atoms with van der Waals surface area (Å²) in [5.41, 5.74) is 1.67. The summed E-state index contributed by atoms with van der Waals surface area (Å²) in [6, 6.07) is 14.1. The maximum atomic E-state index is 12.9. The van der Waals surface area contributed by atoms with Gasteiger partial charge in [0.2, 0.25) is 0 Å². The third-order valence-electron chi connectivity index (χ3n) is 4.38. The average molecular weight is 342 g/mol. The molecule has 5 nitrogen and oxygen atoms in total. The second-order valence-corrected chi connectivity index (χ2v) is 7.68. The van der Waals surface area contributed by atoms with E-state index in [4.69, 9.17) is 4.74 Å². The van der Waals surface area contributed by atoms with Crippen molar-refractivity contribution in [2.45, 2.75) is 17.9 Å². The van der Waals surface area contributed by atoms with Gasteiger partial charge in [-0.3, -0.25) is 0 Å². The van der Waals surface area contributed by atoms with Gasteiger partial charge in [0.05, 0.1) is 10.4 Å². The van der Waals surface area contributed by atoms with Gasteiger partial charge in [-0.05, 0) is 37.3 Å². The molecule has 1 atom stereocenters. The molecule has 3 aromatic rings. The van der Waals surface area contributed by atoms with Crippen LogP contribution in [0, 0.1) is 0 Å². The quantitative estimate of drug-likeness (QED) is 0.778. The topological polar surface area (TPSA) is 60.3 Å². The van der Waals surface area contributed by atoms with Crippen LogP contribution in [0.3, 0.4) is 0 Å². The monoisotopic (exact) mass is 342 g/mol. The van der Waals surface area contributed by atoms with Gasteiger partial charge in [-0.15, -0.1) is 0 Å². The molecule has 0 bridgehead atoms. The molecule has 0 saturated heterocycles. The SMILES string of the molecule is C[C@@H]1NCCOc2ccc3c(ccn3S(=O)(=O)c3ccccc3)c21. The fraction of sp³-hybridized carbons (Fsp3) is 0.222. The summed E-state index contributed by atoms with van der Waals surface area (Å²) in [6.07, 6.45) is 1.62. The van der Waals surface area contributed by atoms with Crippen LogP contribution in [0.1, 0.15) is 18.5 Å². The van der Waals surface area contributed by atoms with Gasteiger partial charge in [-0.25, -0.2) is 12.4 Å². The lowest BCUT2D eigenvalue weighted by molar-refractivity contribution is 0.325. The summed E-state index contributed by atoms with van der Waals surface area (Å²) < 4.78 is 33.0. The molecule has 0 radical (unpaired) electrons. The molecule has 0 aliphatic carbocycles. The zero-order valence-electron chi connectivity index (χ0n) is 13.3. The van der Waals surface area contributed by atoms with Crippen molar-refractivity contribution in [3.63, 3.8) is 0 Å². The summed E-state index contributed by atoms with van der Waals surface area (Å²) in [4.78, 5) is 0.278. The molecular formula is C18H18N2O3S. The first-order valence-corrected chi connectivity index (χ1v) is 9.34. The Hall–Kier alpha value is -2.31. The predicted octanol–water partition coefficient (Wildman–Crippen LogP) is 2.92. The molecule has 2 heterocycles. The van der Waals surface area contributed by atoms with E-state index < -0.39 is 10.0 Å². The summed E-state index contributed by atoms with van der Waals surface area (Å²) in [6.45, 7) is 3.43. The van der Waals surface area contributed by atoms with Crippen molar-refractivity contribution in [1.82, 2.24) is 9.29 Å². The highest BCUT2D eigenvalue weighted by Gasteiger charge is 2.23. The Morgan fingerprint density at radius 3 is 2.71 bits per heavy atom. The summed E-state index contributed by atoms with van der Waals surface area (Å²) in [7, 11) is -3.62. The Bertz CT molecular complexity index is 994. The van der Waals surface area contributed by atoms with E-state index in [1.54, 1.807) is 36.5 Å². The molecule has 1 aliphatic heterocycles. The zero-order chi connectivity index (χ0) is 16.7. The van der Waals surface area contributed by atoms with Gasteiger partial charge in [0.1, 0.15) is 12.4 Å². The second-order valence-electron chi connectivity index (χ2n) is 5.86. The number of hydrogen-bond acceptors (Lipinski definition) is 4. The van der Waals surface area contributed by atoms with Crippen LogP contribution in [0.25, 0.3) is 10.9 Å². The van der Waals surface area contributed by atoms with E-state index in [0.717, 1.165) is 23.2 Å². The molecule has 1 N–H and O–H groups in total. The maximum Gasteiger partial charge on any atom is 0.268 e. The number of nitrogens with zero attached hydrogens (tertiary/aromatic N) is 1. The highest BCUT2D eigenvalue weighted by molar-refractivity contribution is 7.90. The number of nitrogens with one attached hydrogen (secondary N) is 1. The molecule has 24 heavy (non-hydrogen) atoms. The fourth-order valence-corrected chi connectivity index (χ4v) is 4.59. The Labute approximate surface area is 140 Å². The minimum atomic E-state index is -3.62. The van der Waals surface area contributed by atoms with Gasteiger partial charge in [0.25, 0.3) is 10.0 Å². The fourth-order valence-electron chi connectivity index (χ4n) is 3.22. The standard InChI is InChI=1S/C18H18N2O3S/c1-13-18-15-9-11-20(24(21,22)14-5-3-2-4-6-14)16(15)7-8-17(18)23-12-10-19-13/h2-9,11,13,19H,10,12H2,1H3/t13-/m0/s1. The number of aromatic nitrogens is 1. The van der Waals surface area contributed by atoms with E-state index in [1.165, 1.54) is 3.97 Å². The van der Waals surface area contributed by atoms with Crippen LogP contribution >= 0.6 is 0 Å². The Morgan fingerprint density at radius 1 is 1.12 bits per heavy atom. The van der Waals surface area contributed by atoms with Crippen LogP contribution in [0.15, 0.2) is 59.6 Å². The molecule has 1 aliphatic rings. The minimum absolute atomic E-state index is 0.0986. The van der Waals surface area contributed by atoms with Crippen molar-refractivity contribution in [2.24, 2.45) is 0 Å². The van der Waals surface area contributed by atoms with E-state index in [9.17, 15) is 8.42 Å². The van der Waals surface area contributed by atoms with E-state index in [2.05, 4.69) is 12.2 Å². The van der Waals surface area contributed by atoms with Gasteiger partial charge in [-0.2, -0.15) is 0 Å².